The maximum atomic E-state index is 14.6. The first-order valence-corrected chi connectivity index (χ1v) is 18.4. The smallest absolute Gasteiger partial charge is 0.297 e. The summed E-state index contributed by atoms with van der Waals surface area (Å²) in [5, 5.41) is 12.9. The van der Waals surface area contributed by atoms with Crippen molar-refractivity contribution in [2.45, 2.75) is 108 Å². The van der Waals surface area contributed by atoms with E-state index in [-0.39, 0.29) is 73.4 Å². The highest BCUT2D eigenvalue weighted by atomic mass is 19.3. The number of halogens is 4. The third-order valence-corrected chi connectivity index (χ3v) is 10.4. The molecule has 2 aliphatic heterocycles. The zero-order valence-electron chi connectivity index (χ0n) is 30.8. The Hall–Kier alpha value is -5.01. The Morgan fingerprint density at radius 3 is 2.46 bits per heavy atom. The van der Waals surface area contributed by atoms with Gasteiger partial charge in [-0.15, -0.1) is 0 Å². The molecule has 3 heterocycles. The Morgan fingerprint density at radius 1 is 1.06 bits per heavy atom. The van der Waals surface area contributed by atoms with Crippen LogP contribution in [0.4, 0.5) is 23.2 Å². The van der Waals surface area contributed by atoms with E-state index in [1.807, 2.05) is 35.4 Å². The molecule has 2 fully saturated rings. The number of aliphatic imine (C=N–C) groups is 1. The van der Waals surface area contributed by atoms with Crippen molar-refractivity contribution in [2.24, 2.45) is 16.8 Å². The average molecular weight is 750 g/mol. The predicted octanol–water partition coefficient (Wildman–Crippen LogP) is 7.31. The largest absolute Gasteiger partial charge is 0.348 e. The van der Waals surface area contributed by atoms with Gasteiger partial charge in [-0.2, -0.15) is 13.9 Å². The highest BCUT2D eigenvalue weighted by Gasteiger charge is 2.45. The van der Waals surface area contributed by atoms with Crippen molar-refractivity contribution < 1.29 is 31.9 Å². The van der Waals surface area contributed by atoms with Crippen molar-refractivity contribution in [3.05, 3.63) is 95.9 Å². The van der Waals surface area contributed by atoms with Crippen LogP contribution in [0.25, 0.3) is 0 Å². The molecule has 54 heavy (non-hydrogen) atoms. The molecule has 2 aromatic rings. The van der Waals surface area contributed by atoms with Gasteiger partial charge in [0.2, 0.25) is 23.6 Å². The average Bonchev–Trinajstić information content (AvgIpc) is 3.83. The lowest BCUT2D eigenvalue weighted by Gasteiger charge is -2.31. The Balaban J connectivity index is 1.11. The van der Waals surface area contributed by atoms with E-state index in [1.54, 1.807) is 38.3 Å². The fourth-order valence-electron chi connectivity index (χ4n) is 7.15. The van der Waals surface area contributed by atoms with Crippen LogP contribution in [0.5, 0.6) is 0 Å². The molecule has 6 rings (SSSR count). The molecular formula is C40H47F4N7O3. The van der Waals surface area contributed by atoms with Crippen LogP contribution in [-0.2, 0) is 26.9 Å². The number of fused-ring (bicyclic) bond motifs is 1. The van der Waals surface area contributed by atoms with Crippen molar-refractivity contribution in [3.63, 3.8) is 0 Å². The molecule has 288 valence electrons. The van der Waals surface area contributed by atoms with Gasteiger partial charge in [-0.25, -0.2) is 13.8 Å². The molecule has 4 aliphatic rings. The van der Waals surface area contributed by atoms with Gasteiger partial charge in [0.15, 0.2) is 0 Å². The molecule has 2 aliphatic carbocycles. The van der Waals surface area contributed by atoms with Gasteiger partial charge in [-0.05, 0) is 94.2 Å². The van der Waals surface area contributed by atoms with Gasteiger partial charge in [0.05, 0.1) is 23.8 Å². The summed E-state index contributed by atoms with van der Waals surface area (Å²) in [4.78, 5) is 46.9. The lowest BCUT2D eigenvalue weighted by atomic mass is 9.86. The molecule has 3 amide bonds. The van der Waals surface area contributed by atoms with Crippen molar-refractivity contribution in [1.29, 1.82) is 0 Å². The maximum Gasteiger partial charge on any atom is 0.297 e. The van der Waals surface area contributed by atoms with Crippen LogP contribution in [0.1, 0.15) is 89.2 Å². The molecule has 3 unspecified atom stereocenters. The van der Waals surface area contributed by atoms with Crippen LogP contribution in [0.15, 0.2) is 89.7 Å². The quantitative estimate of drug-likeness (QED) is 0.147. The second-order valence-electron chi connectivity index (χ2n) is 15.4. The zero-order valence-corrected chi connectivity index (χ0v) is 30.8. The third kappa shape index (κ3) is 9.19. The number of carbonyl (C=O) groups excluding carboxylic acids is 3. The fourth-order valence-corrected chi connectivity index (χ4v) is 7.15. The first kappa shape index (κ1) is 38.7. The van der Waals surface area contributed by atoms with Crippen molar-refractivity contribution >= 4 is 29.6 Å². The number of hydrogen-bond donors (Lipinski definition) is 3. The minimum Gasteiger partial charge on any atom is -0.348 e. The summed E-state index contributed by atoms with van der Waals surface area (Å²) in [5.74, 6) is -7.13. The Kier molecular flexibility index (Phi) is 11.0. The summed E-state index contributed by atoms with van der Waals surface area (Å²) in [5.41, 5.74) is 0.716. The van der Waals surface area contributed by atoms with Crippen LogP contribution >= 0.6 is 0 Å². The molecule has 1 aromatic carbocycles. The van der Waals surface area contributed by atoms with Crippen LogP contribution in [0.3, 0.4) is 0 Å². The number of carbonyl (C=O) groups is 3. The predicted molar refractivity (Wildman–Crippen MR) is 197 cm³/mol. The number of amides is 3. The number of aromatic nitrogens is 2. The summed E-state index contributed by atoms with van der Waals surface area (Å²) in [6.45, 7) is 8.23. The van der Waals surface area contributed by atoms with Crippen molar-refractivity contribution in [3.8, 4) is 0 Å². The van der Waals surface area contributed by atoms with E-state index in [4.69, 9.17) is 0 Å². The summed E-state index contributed by atoms with van der Waals surface area (Å²) in [6, 6.07) is 6.21. The molecule has 0 saturated heterocycles. The van der Waals surface area contributed by atoms with E-state index in [0.29, 0.717) is 12.1 Å². The minimum atomic E-state index is -3.24. The number of alkyl halides is 4. The van der Waals surface area contributed by atoms with Gasteiger partial charge in [0.1, 0.15) is 11.9 Å². The van der Waals surface area contributed by atoms with Gasteiger partial charge in [-0.3, -0.25) is 19.1 Å². The fraction of sp³-hybridized carbons (Fsp3) is 0.475. The summed E-state index contributed by atoms with van der Waals surface area (Å²) in [6.07, 6.45) is 13.7. The minimum absolute atomic E-state index is 0.0859. The lowest BCUT2D eigenvalue weighted by Crippen LogP contribution is -2.55. The molecule has 0 radical (unpaired) electrons. The number of anilines is 1. The van der Waals surface area contributed by atoms with E-state index in [9.17, 15) is 31.9 Å². The second-order valence-corrected chi connectivity index (χ2v) is 15.4. The zero-order chi connectivity index (χ0) is 38.8. The SMILES string of the molecule is C=C(C)C(F)(F)c1cnn(CC(C)(C)NC(=O)C(CC2=CCCC=C3N=CC=CN23)NC(=O)C2CC2c2ccc(NC(=O)C3CCC(F)(F)CC3)cc2)c1. The molecule has 1 aromatic heterocycles. The molecule has 0 spiro atoms. The van der Waals surface area contributed by atoms with E-state index >= 15 is 0 Å². The third-order valence-electron chi connectivity index (χ3n) is 10.4. The monoisotopic (exact) mass is 749 g/mol. The van der Waals surface area contributed by atoms with Crippen molar-refractivity contribution in [2.75, 3.05) is 5.32 Å². The molecule has 14 heteroatoms. The topological polar surface area (TPSA) is 121 Å². The van der Waals surface area contributed by atoms with E-state index < -0.39 is 35.3 Å². The normalized spacial score (nSPS) is 21.6. The highest BCUT2D eigenvalue weighted by molar-refractivity contribution is 5.93. The first-order chi connectivity index (χ1) is 25.5. The number of benzene rings is 1. The Morgan fingerprint density at radius 2 is 1.76 bits per heavy atom. The van der Waals surface area contributed by atoms with Crippen LogP contribution < -0.4 is 16.0 Å². The summed E-state index contributed by atoms with van der Waals surface area (Å²) in [7, 11) is 0. The van der Waals surface area contributed by atoms with Crippen molar-refractivity contribution in [1.82, 2.24) is 25.3 Å². The Bertz CT molecular complexity index is 1890. The Labute approximate surface area is 312 Å². The number of nitrogens with zero attached hydrogens (tertiary/aromatic N) is 4. The molecule has 2 saturated carbocycles. The first-order valence-electron chi connectivity index (χ1n) is 18.4. The van der Waals surface area contributed by atoms with Gasteiger partial charge >= 0.3 is 0 Å². The number of nitrogens with one attached hydrogen (secondary N) is 3. The maximum absolute atomic E-state index is 14.6. The molecule has 3 N–H and O–H groups in total. The van der Waals surface area contributed by atoms with E-state index in [0.717, 1.165) is 36.1 Å². The molecule has 10 nitrogen and oxygen atoms in total. The number of rotatable bonds is 13. The van der Waals surface area contributed by atoms with Gasteiger partial charge in [-0.1, -0.05) is 24.8 Å². The van der Waals surface area contributed by atoms with Crippen LogP contribution in [-0.4, -0.2) is 56.1 Å². The molecule has 3 atom stereocenters. The lowest BCUT2D eigenvalue weighted by molar-refractivity contribution is -0.130. The molecular weight excluding hydrogens is 702 g/mol. The van der Waals surface area contributed by atoms with Gasteiger partial charge in [0.25, 0.3) is 5.92 Å². The molecule has 0 bridgehead atoms. The number of allylic oxidation sites excluding steroid dienone is 4. The summed E-state index contributed by atoms with van der Waals surface area (Å²) < 4.78 is 57.6. The second kappa shape index (κ2) is 15.4. The van der Waals surface area contributed by atoms with Gasteiger partial charge < -0.3 is 20.9 Å². The standard InChI is InChI=1S/C40H47F4N7O3/c1-25(2)40(43,44)28-22-46-50(23-28)24-38(3,4)49-37(54)33(20-30-8-5-6-9-34-45-18-7-19-51(30)34)48-36(53)32-21-31(32)26-10-12-29(13-11-26)47-35(52)27-14-16-39(41,42)17-15-27/h7-13,18-19,22-23,27,31-33H,1,5-6,14-17,20-21,24H2,2-4H3,(H,47,52)(H,48,53)(H,49,54). The highest BCUT2D eigenvalue weighted by Crippen LogP contribution is 2.48. The van der Waals surface area contributed by atoms with E-state index in [1.165, 1.54) is 17.8 Å². The summed E-state index contributed by atoms with van der Waals surface area (Å²) >= 11 is 0. The van der Waals surface area contributed by atoms with Crippen LogP contribution in [0.2, 0.25) is 0 Å². The van der Waals surface area contributed by atoms with Crippen LogP contribution in [0, 0.1) is 11.8 Å². The van der Waals surface area contributed by atoms with E-state index in [2.05, 4.69) is 32.6 Å². The van der Waals surface area contributed by atoms with Gasteiger partial charge in [0, 0.05) is 61.1 Å². The number of hydrogen-bond acceptors (Lipinski definition) is 6.